The second-order valence-corrected chi connectivity index (χ2v) is 7.90. The van der Waals surface area contributed by atoms with E-state index in [1.54, 1.807) is 0 Å². The van der Waals surface area contributed by atoms with Gasteiger partial charge < -0.3 is 0 Å². The number of halogens is 5. The van der Waals surface area contributed by atoms with Gasteiger partial charge in [-0.25, -0.2) is 4.39 Å². The predicted octanol–water partition coefficient (Wildman–Crippen LogP) is 5.29. The topological polar surface area (TPSA) is 34.9 Å². The van der Waals surface area contributed by atoms with Gasteiger partial charge in [0.1, 0.15) is 17.2 Å². The summed E-state index contributed by atoms with van der Waals surface area (Å²) in [4.78, 5) is 12.7. The third-order valence-electron chi connectivity index (χ3n) is 4.26. The molecule has 1 aromatic heterocycles. The lowest BCUT2D eigenvalue weighted by atomic mass is 10.1. The molecule has 1 aromatic carbocycles. The average molecular weight is 407 g/mol. The standard InChI is InChI=1S/C17H15ClF4N2OS/c1-24-15(17(20,21)22)8-13(25)16(23-24)10-6-14(11(18)7-12(10)19)26-9-4-2-3-5-9/h6-9H,2-5H2,1H3. The smallest absolute Gasteiger partial charge is 0.287 e. The third-order valence-corrected chi connectivity index (χ3v) is 6.08. The van der Waals surface area contributed by atoms with E-state index < -0.39 is 23.1 Å². The zero-order chi connectivity index (χ0) is 19.1. The second-order valence-electron chi connectivity index (χ2n) is 6.15. The van der Waals surface area contributed by atoms with Crippen LogP contribution in [0.2, 0.25) is 5.02 Å². The lowest BCUT2D eigenvalue weighted by Crippen LogP contribution is -2.22. The van der Waals surface area contributed by atoms with Crippen LogP contribution in [0.3, 0.4) is 0 Å². The maximum Gasteiger partial charge on any atom is 0.433 e. The molecule has 26 heavy (non-hydrogen) atoms. The van der Waals surface area contributed by atoms with Crippen LogP contribution in [0.4, 0.5) is 17.6 Å². The van der Waals surface area contributed by atoms with E-state index in [-0.39, 0.29) is 16.3 Å². The number of aryl methyl sites for hydroxylation is 1. The Hall–Kier alpha value is -1.54. The normalized spacial score (nSPS) is 15.6. The van der Waals surface area contributed by atoms with Gasteiger partial charge in [-0.05, 0) is 25.0 Å². The Labute approximate surface area is 156 Å². The first-order chi connectivity index (χ1) is 12.2. The number of benzene rings is 1. The molecule has 0 spiro atoms. The SMILES string of the molecule is Cn1nc(-c2cc(SC3CCCC3)c(Cl)cc2F)c(=O)cc1C(F)(F)F. The van der Waals surface area contributed by atoms with Gasteiger partial charge in [0, 0.05) is 28.8 Å². The molecule has 1 heterocycles. The second kappa shape index (κ2) is 7.23. The van der Waals surface area contributed by atoms with Crippen molar-refractivity contribution >= 4 is 23.4 Å². The predicted molar refractivity (Wildman–Crippen MR) is 93.0 cm³/mol. The largest absolute Gasteiger partial charge is 0.433 e. The summed E-state index contributed by atoms with van der Waals surface area (Å²) in [6, 6.07) is 2.91. The molecular formula is C17H15ClF4N2OS. The van der Waals surface area contributed by atoms with E-state index in [0.29, 0.717) is 20.9 Å². The summed E-state index contributed by atoms with van der Waals surface area (Å²) >= 11 is 7.61. The van der Waals surface area contributed by atoms with Crippen LogP contribution in [0.25, 0.3) is 11.3 Å². The zero-order valence-corrected chi connectivity index (χ0v) is 15.3. The Morgan fingerprint density at radius 3 is 2.50 bits per heavy atom. The summed E-state index contributed by atoms with van der Waals surface area (Å²) in [5.74, 6) is -0.796. The quantitative estimate of drug-likeness (QED) is 0.649. The molecule has 1 fully saturated rings. The summed E-state index contributed by atoms with van der Waals surface area (Å²) in [6.07, 6.45) is -0.446. The van der Waals surface area contributed by atoms with Crippen molar-refractivity contribution in [3.8, 4) is 11.3 Å². The highest BCUT2D eigenvalue weighted by molar-refractivity contribution is 8.00. The van der Waals surface area contributed by atoms with Crippen molar-refractivity contribution < 1.29 is 17.6 Å². The minimum atomic E-state index is -4.72. The molecule has 3 rings (SSSR count). The lowest BCUT2D eigenvalue weighted by Gasteiger charge is -2.14. The van der Waals surface area contributed by atoms with E-state index in [1.165, 1.54) is 17.8 Å². The van der Waals surface area contributed by atoms with E-state index in [9.17, 15) is 22.4 Å². The molecule has 1 saturated carbocycles. The molecule has 0 radical (unpaired) electrons. The van der Waals surface area contributed by atoms with Gasteiger partial charge in [0.05, 0.1) is 5.02 Å². The Balaban J connectivity index is 2.06. The van der Waals surface area contributed by atoms with Crippen molar-refractivity contribution in [3.63, 3.8) is 0 Å². The van der Waals surface area contributed by atoms with Crippen LogP contribution in [0.1, 0.15) is 31.4 Å². The third kappa shape index (κ3) is 3.91. The van der Waals surface area contributed by atoms with E-state index in [4.69, 9.17) is 11.6 Å². The molecule has 0 saturated heterocycles. The molecule has 1 aliphatic carbocycles. The van der Waals surface area contributed by atoms with Crippen molar-refractivity contribution in [1.29, 1.82) is 0 Å². The maximum absolute atomic E-state index is 14.4. The van der Waals surface area contributed by atoms with E-state index >= 15 is 0 Å². The fraction of sp³-hybridized carbons (Fsp3) is 0.412. The Morgan fingerprint density at radius 1 is 1.23 bits per heavy atom. The van der Waals surface area contributed by atoms with Crippen molar-refractivity contribution in [3.05, 3.63) is 45.0 Å². The van der Waals surface area contributed by atoms with Crippen molar-refractivity contribution in [2.75, 3.05) is 0 Å². The number of hydrogen-bond donors (Lipinski definition) is 0. The number of rotatable bonds is 3. The summed E-state index contributed by atoms with van der Waals surface area (Å²) < 4.78 is 53.6. The van der Waals surface area contributed by atoms with Crippen LogP contribution >= 0.6 is 23.4 Å². The van der Waals surface area contributed by atoms with E-state index in [2.05, 4.69) is 5.10 Å². The van der Waals surface area contributed by atoms with Gasteiger partial charge in [0.15, 0.2) is 0 Å². The fourth-order valence-corrected chi connectivity index (χ4v) is 4.55. The van der Waals surface area contributed by atoms with Gasteiger partial charge in [-0.2, -0.15) is 18.3 Å². The summed E-state index contributed by atoms with van der Waals surface area (Å²) in [5, 5.41) is 4.24. The van der Waals surface area contributed by atoms with Gasteiger partial charge in [0.25, 0.3) is 0 Å². The molecule has 0 atom stereocenters. The minimum Gasteiger partial charge on any atom is -0.287 e. The highest BCUT2D eigenvalue weighted by Gasteiger charge is 2.34. The summed E-state index contributed by atoms with van der Waals surface area (Å²) in [7, 11) is 1.06. The summed E-state index contributed by atoms with van der Waals surface area (Å²) in [6.45, 7) is 0. The highest BCUT2D eigenvalue weighted by Crippen LogP contribution is 2.40. The molecule has 140 valence electrons. The molecule has 0 bridgehead atoms. The molecule has 2 aromatic rings. The molecule has 0 N–H and O–H groups in total. The van der Waals surface area contributed by atoms with Crippen LogP contribution < -0.4 is 5.43 Å². The van der Waals surface area contributed by atoms with Gasteiger partial charge in [-0.15, -0.1) is 11.8 Å². The van der Waals surface area contributed by atoms with Crippen molar-refractivity contribution in [1.82, 2.24) is 9.78 Å². The van der Waals surface area contributed by atoms with Crippen LogP contribution in [-0.4, -0.2) is 15.0 Å². The van der Waals surface area contributed by atoms with Gasteiger partial charge in [-0.1, -0.05) is 24.4 Å². The Morgan fingerprint density at radius 2 is 1.88 bits per heavy atom. The van der Waals surface area contributed by atoms with Crippen molar-refractivity contribution in [2.24, 2.45) is 7.05 Å². The molecule has 0 unspecified atom stereocenters. The first-order valence-electron chi connectivity index (χ1n) is 7.98. The molecule has 3 nitrogen and oxygen atoms in total. The lowest BCUT2D eigenvalue weighted by molar-refractivity contribution is -0.144. The van der Waals surface area contributed by atoms with Gasteiger partial charge in [-0.3, -0.25) is 9.48 Å². The number of aromatic nitrogens is 2. The first kappa shape index (κ1) is 19.2. The van der Waals surface area contributed by atoms with Crippen molar-refractivity contribution in [2.45, 2.75) is 42.0 Å². The van der Waals surface area contributed by atoms with Gasteiger partial charge in [0.2, 0.25) is 5.43 Å². The first-order valence-corrected chi connectivity index (χ1v) is 9.24. The highest BCUT2D eigenvalue weighted by atomic mass is 35.5. The molecular weight excluding hydrogens is 392 g/mol. The number of thioether (sulfide) groups is 1. The fourth-order valence-electron chi connectivity index (χ4n) is 2.98. The zero-order valence-electron chi connectivity index (χ0n) is 13.7. The Bertz CT molecular complexity index is 892. The summed E-state index contributed by atoms with van der Waals surface area (Å²) in [5.41, 5.74) is -2.71. The average Bonchev–Trinajstić information content (AvgIpc) is 3.04. The van der Waals surface area contributed by atoms with Crippen LogP contribution in [-0.2, 0) is 13.2 Å². The molecule has 0 aliphatic heterocycles. The van der Waals surface area contributed by atoms with E-state index in [1.807, 2.05) is 0 Å². The Kier molecular flexibility index (Phi) is 5.35. The molecule has 1 aliphatic rings. The van der Waals surface area contributed by atoms with Crippen LogP contribution in [0.5, 0.6) is 0 Å². The molecule has 0 amide bonds. The van der Waals surface area contributed by atoms with Crippen LogP contribution in [0.15, 0.2) is 27.9 Å². The monoisotopic (exact) mass is 406 g/mol. The number of nitrogens with zero attached hydrogens (tertiary/aromatic N) is 2. The van der Waals surface area contributed by atoms with E-state index in [0.717, 1.165) is 38.8 Å². The van der Waals surface area contributed by atoms with Gasteiger partial charge >= 0.3 is 6.18 Å². The molecule has 9 heteroatoms. The maximum atomic E-state index is 14.4. The minimum absolute atomic E-state index is 0.149. The number of alkyl halides is 3. The van der Waals surface area contributed by atoms with Crippen LogP contribution in [0, 0.1) is 5.82 Å². The number of hydrogen-bond acceptors (Lipinski definition) is 3.